The Kier molecular flexibility index (Phi) is 4.90. The fourth-order valence-electron chi connectivity index (χ4n) is 4.37. The first kappa shape index (κ1) is 16.3. The number of methoxy groups -OCH3 is 1. The van der Waals surface area contributed by atoms with Crippen molar-refractivity contribution in [3.05, 3.63) is 29.8 Å². The lowest BCUT2D eigenvalue weighted by molar-refractivity contribution is -0.0856. The number of hydrogen-bond acceptors (Lipinski definition) is 3. The molecule has 1 heterocycles. The minimum atomic E-state index is -0.870. The van der Waals surface area contributed by atoms with Gasteiger partial charge in [-0.05, 0) is 55.9 Å². The van der Waals surface area contributed by atoms with Crippen LogP contribution >= 0.6 is 0 Å². The molecule has 0 aromatic heterocycles. The Morgan fingerprint density at radius 2 is 1.74 bits per heavy atom. The molecule has 1 saturated heterocycles. The van der Waals surface area contributed by atoms with Crippen LogP contribution in [0.3, 0.4) is 0 Å². The Hall–Kier alpha value is -1.55. The molecule has 0 atom stereocenters. The molecule has 126 valence electrons. The summed E-state index contributed by atoms with van der Waals surface area (Å²) in [5, 5.41) is 9.00. The number of rotatable bonds is 4. The SMILES string of the molecule is COC1(C2CCCCC2)CCN(c2ccc(C(=O)O)cc2)CC1. The number of piperidine rings is 1. The first-order valence-corrected chi connectivity index (χ1v) is 8.78. The van der Waals surface area contributed by atoms with Gasteiger partial charge in [-0.25, -0.2) is 4.79 Å². The summed E-state index contributed by atoms with van der Waals surface area (Å²) >= 11 is 0. The number of carboxylic acid groups (broad SMARTS) is 1. The third-order valence-electron chi connectivity index (χ3n) is 5.84. The normalized spacial score (nSPS) is 22.0. The maximum Gasteiger partial charge on any atom is 0.335 e. The van der Waals surface area contributed by atoms with Gasteiger partial charge in [-0.3, -0.25) is 0 Å². The molecule has 1 aliphatic carbocycles. The Balaban J connectivity index is 1.65. The highest BCUT2D eigenvalue weighted by molar-refractivity contribution is 5.88. The van der Waals surface area contributed by atoms with Crippen molar-refractivity contribution in [2.24, 2.45) is 5.92 Å². The van der Waals surface area contributed by atoms with E-state index >= 15 is 0 Å². The molecule has 1 aromatic carbocycles. The lowest BCUT2D eigenvalue weighted by Crippen LogP contribution is -2.50. The Morgan fingerprint density at radius 3 is 2.26 bits per heavy atom. The van der Waals surface area contributed by atoms with Crippen LogP contribution in [0.5, 0.6) is 0 Å². The molecule has 0 radical (unpaired) electrons. The molecule has 1 N–H and O–H groups in total. The van der Waals surface area contributed by atoms with Crippen LogP contribution in [-0.2, 0) is 4.74 Å². The maximum absolute atomic E-state index is 11.0. The van der Waals surface area contributed by atoms with E-state index in [0.29, 0.717) is 11.5 Å². The van der Waals surface area contributed by atoms with Gasteiger partial charge in [0.05, 0.1) is 11.2 Å². The average Bonchev–Trinajstić information content (AvgIpc) is 2.62. The fraction of sp³-hybridized carbons (Fsp3) is 0.632. The summed E-state index contributed by atoms with van der Waals surface area (Å²) in [6, 6.07) is 7.22. The van der Waals surface area contributed by atoms with Crippen LogP contribution in [0.2, 0.25) is 0 Å². The van der Waals surface area contributed by atoms with Gasteiger partial charge in [0.1, 0.15) is 0 Å². The van der Waals surface area contributed by atoms with Crippen molar-refractivity contribution in [1.82, 2.24) is 0 Å². The van der Waals surface area contributed by atoms with Gasteiger partial charge < -0.3 is 14.7 Å². The molecule has 1 aromatic rings. The molecular weight excluding hydrogens is 290 g/mol. The minimum absolute atomic E-state index is 0.0535. The van der Waals surface area contributed by atoms with Crippen molar-refractivity contribution in [1.29, 1.82) is 0 Å². The summed E-state index contributed by atoms with van der Waals surface area (Å²) in [5.74, 6) is -0.163. The van der Waals surface area contributed by atoms with Crippen LogP contribution in [0.25, 0.3) is 0 Å². The van der Waals surface area contributed by atoms with Crippen LogP contribution < -0.4 is 4.90 Å². The van der Waals surface area contributed by atoms with Crippen LogP contribution in [0.15, 0.2) is 24.3 Å². The quantitative estimate of drug-likeness (QED) is 0.913. The van der Waals surface area contributed by atoms with Crippen molar-refractivity contribution in [2.75, 3.05) is 25.1 Å². The van der Waals surface area contributed by atoms with Gasteiger partial charge in [0.2, 0.25) is 0 Å². The maximum atomic E-state index is 11.0. The summed E-state index contributed by atoms with van der Waals surface area (Å²) in [7, 11) is 1.88. The number of carbonyl (C=O) groups is 1. The van der Waals surface area contributed by atoms with Crippen molar-refractivity contribution >= 4 is 11.7 Å². The topological polar surface area (TPSA) is 49.8 Å². The first-order valence-electron chi connectivity index (χ1n) is 8.78. The Bertz CT molecular complexity index is 526. The van der Waals surface area contributed by atoms with Crippen molar-refractivity contribution in [3.8, 4) is 0 Å². The summed E-state index contributed by atoms with van der Waals surface area (Å²) in [6.45, 7) is 1.97. The van der Waals surface area contributed by atoms with Gasteiger partial charge in [0.15, 0.2) is 0 Å². The van der Waals surface area contributed by atoms with Gasteiger partial charge in [-0.1, -0.05) is 19.3 Å². The minimum Gasteiger partial charge on any atom is -0.478 e. The summed E-state index contributed by atoms with van der Waals surface area (Å²) in [6.07, 6.45) is 8.80. The summed E-state index contributed by atoms with van der Waals surface area (Å²) < 4.78 is 6.05. The smallest absolute Gasteiger partial charge is 0.335 e. The van der Waals surface area contributed by atoms with Gasteiger partial charge in [0, 0.05) is 25.9 Å². The van der Waals surface area contributed by atoms with Crippen LogP contribution in [-0.4, -0.2) is 36.9 Å². The number of hydrogen-bond donors (Lipinski definition) is 1. The highest BCUT2D eigenvalue weighted by Crippen LogP contribution is 2.42. The fourth-order valence-corrected chi connectivity index (χ4v) is 4.37. The highest BCUT2D eigenvalue weighted by atomic mass is 16.5. The van der Waals surface area contributed by atoms with E-state index in [9.17, 15) is 4.79 Å². The Labute approximate surface area is 138 Å². The predicted octanol–water partition coefficient (Wildman–Crippen LogP) is 3.95. The Morgan fingerprint density at radius 1 is 1.13 bits per heavy atom. The molecule has 0 spiro atoms. The van der Waals surface area contributed by atoms with Gasteiger partial charge >= 0.3 is 5.97 Å². The van der Waals surface area contributed by atoms with E-state index in [-0.39, 0.29) is 5.60 Å². The largest absolute Gasteiger partial charge is 0.478 e. The van der Waals surface area contributed by atoms with Crippen molar-refractivity contribution in [2.45, 2.75) is 50.5 Å². The molecule has 4 heteroatoms. The summed E-state index contributed by atoms with van der Waals surface area (Å²) in [4.78, 5) is 13.3. The number of nitrogens with zero attached hydrogens (tertiary/aromatic N) is 1. The number of aromatic carboxylic acids is 1. The number of benzene rings is 1. The lowest BCUT2D eigenvalue weighted by Gasteiger charge is -2.47. The van der Waals surface area contributed by atoms with Crippen LogP contribution in [0.1, 0.15) is 55.3 Å². The van der Waals surface area contributed by atoms with E-state index in [1.807, 2.05) is 19.2 Å². The third-order valence-corrected chi connectivity index (χ3v) is 5.84. The van der Waals surface area contributed by atoms with E-state index in [1.54, 1.807) is 12.1 Å². The van der Waals surface area contributed by atoms with E-state index in [2.05, 4.69) is 4.90 Å². The molecule has 1 aliphatic heterocycles. The van der Waals surface area contributed by atoms with E-state index in [1.165, 1.54) is 32.1 Å². The number of anilines is 1. The lowest BCUT2D eigenvalue weighted by atomic mass is 9.72. The predicted molar refractivity (Wildman–Crippen MR) is 91.2 cm³/mol. The second kappa shape index (κ2) is 6.91. The van der Waals surface area contributed by atoms with E-state index in [0.717, 1.165) is 31.6 Å². The van der Waals surface area contributed by atoms with Gasteiger partial charge in [-0.15, -0.1) is 0 Å². The molecule has 0 bridgehead atoms. The number of carboxylic acids is 1. The summed E-state index contributed by atoms with van der Waals surface area (Å²) in [5.41, 5.74) is 1.51. The monoisotopic (exact) mass is 317 g/mol. The van der Waals surface area contributed by atoms with E-state index in [4.69, 9.17) is 9.84 Å². The molecule has 23 heavy (non-hydrogen) atoms. The molecule has 0 amide bonds. The van der Waals surface area contributed by atoms with Crippen LogP contribution in [0.4, 0.5) is 5.69 Å². The molecule has 4 nitrogen and oxygen atoms in total. The second-order valence-corrected chi connectivity index (χ2v) is 6.94. The standard InChI is InChI=1S/C19H27NO3/c1-23-19(16-5-3-2-4-6-16)11-13-20(14-12-19)17-9-7-15(8-10-17)18(21)22/h7-10,16H,2-6,11-14H2,1H3,(H,21,22). The highest BCUT2D eigenvalue weighted by Gasteiger charge is 2.41. The zero-order valence-electron chi connectivity index (χ0n) is 14.0. The molecule has 1 saturated carbocycles. The molecular formula is C19H27NO3. The van der Waals surface area contributed by atoms with E-state index < -0.39 is 5.97 Å². The molecule has 2 fully saturated rings. The second-order valence-electron chi connectivity index (χ2n) is 6.94. The van der Waals surface area contributed by atoms with Crippen molar-refractivity contribution in [3.63, 3.8) is 0 Å². The number of ether oxygens (including phenoxy) is 1. The van der Waals surface area contributed by atoms with Gasteiger partial charge in [0.25, 0.3) is 0 Å². The zero-order chi connectivity index (χ0) is 16.3. The average molecular weight is 317 g/mol. The molecule has 2 aliphatic rings. The third kappa shape index (κ3) is 3.37. The van der Waals surface area contributed by atoms with Crippen LogP contribution in [0, 0.1) is 5.92 Å². The van der Waals surface area contributed by atoms with Gasteiger partial charge in [-0.2, -0.15) is 0 Å². The van der Waals surface area contributed by atoms with Crippen molar-refractivity contribution < 1.29 is 14.6 Å². The first-order chi connectivity index (χ1) is 11.1. The molecule has 0 unspecified atom stereocenters. The molecule has 3 rings (SSSR count). The zero-order valence-corrected chi connectivity index (χ0v) is 14.0.